The highest BCUT2D eigenvalue weighted by molar-refractivity contribution is 6.30. The molecule has 0 aliphatic heterocycles. The number of benzene rings is 1. The van der Waals surface area contributed by atoms with Crippen molar-refractivity contribution in [2.45, 2.75) is 6.54 Å². The molecule has 4 nitrogen and oxygen atoms in total. The van der Waals surface area contributed by atoms with Crippen LogP contribution in [-0.2, 0) is 6.54 Å². The van der Waals surface area contributed by atoms with Crippen molar-refractivity contribution < 1.29 is 9.84 Å². The third-order valence-corrected chi connectivity index (χ3v) is 2.55. The van der Waals surface area contributed by atoms with Crippen molar-refractivity contribution in [3.8, 4) is 17.6 Å². The van der Waals surface area contributed by atoms with E-state index in [1.54, 1.807) is 17.1 Å². The lowest BCUT2D eigenvalue weighted by atomic mass is 10.2. The first kappa shape index (κ1) is 13.5. The molecule has 0 aliphatic rings. The van der Waals surface area contributed by atoms with Crippen LogP contribution in [0.5, 0.6) is 5.75 Å². The van der Waals surface area contributed by atoms with E-state index in [9.17, 15) is 0 Å². The smallest absolute Gasteiger partial charge is 0.119 e. The van der Waals surface area contributed by atoms with Gasteiger partial charge in [0.25, 0.3) is 0 Å². The summed E-state index contributed by atoms with van der Waals surface area (Å²) in [5.74, 6) is 6.18. The van der Waals surface area contributed by atoms with Crippen LogP contribution in [0, 0.1) is 11.8 Å². The average Bonchev–Trinajstić information content (AvgIpc) is 2.84. The number of aromatic nitrogens is 2. The summed E-state index contributed by atoms with van der Waals surface area (Å²) < 4.78 is 7.30. The summed E-state index contributed by atoms with van der Waals surface area (Å²) in [7, 11) is 0. The Morgan fingerprint density at radius 3 is 2.74 bits per heavy atom. The fraction of sp³-hybridized carbons (Fsp3) is 0.214. The number of rotatable bonds is 4. The van der Waals surface area contributed by atoms with Gasteiger partial charge in [-0.25, -0.2) is 0 Å². The van der Waals surface area contributed by atoms with Gasteiger partial charge in [-0.05, 0) is 24.3 Å². The normalized spacial score (nSPS) is 9.79. The second-order valence-electron chi connectivity index (χ2n) is 3.75. The molecule has 0 radical (unpaired) electrons. The zero-order chi connectivity index (χ0) is 13.5. The van der Waals surface area contributed by atoms with Crippen molar-refractivity contribution in [3.05, 3.63) is 47.2 Å². The van der Waals surface area contributed by atoms with Gasteiger partial charge in [0.05, 0.1) is 17.8 Å². The number of ether oxygens (including phenoxy) is 1. The minimum atomic E-state index is -0.134. The van der Waals surface area contributed by atoms with E-state index >= 15 is 0 Å². The minimum Gasteiger partial charge on any atom is -0.492 e. The summed E-state index contributed by atoms with van der Waals surface area (Å²) in [6.45, 7) is 1.02. The highest BCUT2D eigenvalue weighted by Crippen LogP contribution is 2.11. The Kier molecular flexibility index (Phi) is 4.85. The largest absolute Gasteiger partial charge is 0.492 e. The monoisotopic (exact) mass is 276 g/mol. The van der Waals surface area contributed by atoms with Gasteiger partial charge in [-0.2, -0.15) is 5.10 Å². The Morgan fingerprint density at radius 2 is 2.11 bits per heavy atom. The van der Waals surface area contributed by atoms with Crippen LogP contribution in [0.1, 0.15) is 5.56 Å². The molecule has 0 saturated heterocycles. The van der Waals surface area contributed by atoms with Gasteiger partial charge >= 0.3 is 0 Å². The van der Waals surface area contributed by atoms with E-state index in [-0.39, 0.29) is 6.61 Å². The van der Waals surface area contributed by atoms with Gasteiger partial charge in [0, 0.05) is 11.8 Å². The third kappa shape index (κ3) is 4.32. The molecule has 5 heteroatoms. The van der Waals surface area contributed by atoms with E-state index in [4.69, 9.17) is 21.4 Å². The number of halogens is 1. The van der Waals surface area contributed by atoms with E-state index in [0.29, 0.717) is 18.2 Å². The first-order valence-electron chi connectivity index (χ1n) is 5.78. The molecule has 1 aromatic heterocycles. The number of aliphatic hydroxyl groups is 1. The standard InChI is InChI=1S/C14H13ClN2O2/c15-13-10-16-17(11-13)7-9-19-14-5-3-12(4-6-14)2-1-8-18/h3-6,10-11,18H,7-9H2. The molecule has 0 bridgehead atoms. The molecular formula is C14H13ClN2O2. The lowest BCUT2D eigenvalue weighted by molar-refractivity contribution is 0.291. The summed E-state index contributed by atoms with van der Waals surface area (Å²) in [5, 5.41) is 13.3. The van der Waals surface area contributed by atoms with Crippen molar-refractivity contribution in [1.82, 2.24) is 9.78 Å². The molecule has 0 saturated carbocycles. The third-order valence-electron chi connectivity index (χ3n) is 2.36. The summed E-state index contributed by atoms with van der Waals surface area (Å²) in [6.07, 6.45) is 3.34. The summed E-state index contributed by atoms with van der Waals surface area (Å²) in [5.41, 5.74) is 0.847. The Bertz CT molecular complexity index is 581. The maximum atomic E-state index is 8.59. The maximum Gasteiger partial charge on any atom is 0.119 e. The van der Waals surface area contributed by atoms with Gasteiger partial charge in [0.15, 0.2) is 0 Å². The molecule has 0 amide bonds. The van der Waals surface area contributed by atoms with Gasteiger partial charge in [-0.3, -0.25) is 4.68 Å². The van der Waals surface area contributed by atoms with E-state index < -0.39 is 0 Å². The van der Waals surface area contributed by atoms with Crippen LogP contribution in [-0.4, -0.2) is 28.1 Å². The predicted molar refractivity (Wildman–Crippen MR) is 73.1 cm³/mol. The topological polar surface area (TPSA) is 47.3 Å². The highest BCUT2D eigenvalue weighted by atomic mass is 35.5. The van der Waals surface area contributed by atoms with E-state index in [2.05, 4.69) is 16.9 Å². The second kappa shape index (κ2) is 6.83. The SMILES string of the molecule is OCC#Cc1ccc(OCCn2cc(Cl)cn2)cc1. The molecule has 98 valence electrons. The molecule has 1 aromatic carbocycles. The molecular weight excluding hydrogens is 264 g/mol. The van der Waals surface area contributed by atoms with Crippen LogP contribution >= 0.6 is 11.6 Å². The number of hydrogen-bond acceptors (Lipinski definition) is 3. The molecule has 0 fully saturated rings. The zero-order valence-electron chi connectivity index (χ0n) is 10.2. The molecule has 0 atom stereocenters. The van der Waals surface area contributed by atoms with Gasteiger partial charge in [0.2, 0.25) is 0 Å². The predicted octanol–water partition coefficient (Wildman–Crippen LogP) is 1.96. The molecule has 0 spiro atoms. The lowest BCUT2D eigenvalue weighted by Gasteiger charge is -2.06. The van der Waals surface area contributed by atoms with Crippen LogP contribution in [0.3, 0.4) is 0 Å². The minimum absolute atomic E-state index is 0.134. The quantitative estimate of drug-likeness (QED) is 0.869. The van der Waals surface area contributed by atoms with E-state index in [1.807, 2.05) is 24.3 Å². The molecule has 0 unspecified atom stereocenters. The van der Waals surface area contributed by atoms with Crippen molar-refractivity contribution >= 4 is 11.6 Å². The number of nitrogens with zero attached hydrogens (tertiary/aromatic N) is 2. The van der Waals surface area contributed by atoms with Crippen molar-refractivity contribution in [2.24, 2.45) is 0 Å². The number of aliphatic hydroxyl groups excluding tert-OH is 1. The van der Waals surface area contributed by atoms with Crippen molar-refractivity contribution in [2.75, 3.05) is 13.2 Å². The molecule has 1 N–H and O–H groups in total. The van der Waals surface area contributed by atoms with Crippen molar-refractivity contribution in [3.63, 3.8) is 0 Å². The Hall–Kier alpha value is -1.96. The highest BCUT2D eigenvalue weighted by Gasteiger charge is 1.97. The fourth-order valence-electron chi connectivity index (χ4n) is 1.49. The number of hydrogen-bond donors (Lipinski definition) is 1. The molecule has 2 rings (SSSR count). The zero-order valence-corrected chi connectivity index (χ0v) is 11.0. The van der Waals surface area contributed by atoms with Crippen LogP contribution in [0.15, 0.2) is 36.7 Å². The van der Waals surface area contributed by atoms with Crippen molar-refractivity contribution in [1.29, 1.82) is 0 Å². The van der Waals surface area contributed by atoms with Gasteiger partial charge in [-0.15, -0.1) is 0 Å². The summed E-state index contributed by atoms with van der Waals surface area (Å²) in [6, 6.07) is 7.39. The summed E-state index contributed by atoms with van der Waals surface area (Å²) >= 11 is 5.76. The average molecular weight is 277 g/mol. The Labute approximate surface area is 116 Å². The Morgan fingerprint density at radius 1 is 1.32 bits per heavy atom. The van der Waals surface area contributed by atoms with Gasteiger partial charge in [-0.1, -0.05) is 23.4 Å². The van der Waals surface area contributed by atoms with E-state index in [1.165, 1.54) is 0 Å². The van der Waals surface area contributed by atoms with Crippen LogP contribution in [0.2, 0.25) is 5.02 Å². The lowest BCUT2D eigenvalue weighted by Crippen LogP contribution is -2.08. The van der Waals surface area contributed by atoms with Crippen LogP contribution < -0.4 is 4.74 Å². The van der Waals surface area contributed by atoms with Crippen LogP contribution in [0.4, 0.5) is 0 Å². The molecule has 1 heterocycles. The molecule has 0 aliphatic carbocycles. The summed E-state index contributed by atoms with van der Waals surface area (Å²) in [4.78, 5) is 0. The first-order valence-corrected chi connectivity index (χ1v) is 6.16. The van der Waals surface area contributed by atoms with E-state index in [0.717, 1.165) is 11.3 Å². The first-order chi connectivity index (χ1) is 9.28. The maximum absolute atomic E-state index is 8.59. The molecule has 19 heavy (non-hydrogen) atoms. The Balaban J connectivity index is 1.83. The van der Waals surface area contributed by atoms with Crippen LogP contribution in [0.25, 0.3) is 0 Å². The second-order valence-corrected chi connectivity index (χ2v) is 4.19. The van der Waals surface area contributed by atoms with Gasteiger partial charge in [0.1, 0.15) is 19.0 Å². The van der Waals surface area contributed by atoms with Gasteiger partial charge < -0.3 is 9.84 Å². The fourth-order valence-corrected chi connectivity index (χ4v) is 1.65. The molecule has 2 aromatic rings.